The van der Waals surface area contributed by atoms with Crippen LogP contribution in [-0.2, 0) is 19.4 Å². The van der Waals surface area contributed by atoms with Gasteiger partial charge in [0.05, 0.1) is 11.5 Å². The molecule has 0 aromatic heterocycles. The van der Waals surface area contributed by atoms with Crippen LogP contribution in [-0.4, -0.2) is 67.7 Å². The highest BCUT2D eigenvalue weighted by Crippen LogP contribution is 2.22. The predicted molar refractivity (Wildman–Crippen MR) is 74.8 cm³/mol. The standard InChI is InChI=1S/C13H22N2O4S/c1-2-12(16)14-4-6-15(7-5-14)13(17)9-11-3-8-20(18,19)10-11/h11H,2-10H2,1H3. The van der Waals surface area contributed by atoms with Gasteiger partial charge in [0, 0.05) is 39.0 Å². The Balaban J connectivity index is 1.79. The molecular formula is C13H22N2O4S. The molecule has 0 saturated carbocycles. The number of sulfone groups is 1. The Kier molecular flexibility index (Phi) is 4.67. The molecule has 0 aromatic carbocycles. The summed E-state index contributed by atoms with van der Waals surface area (Å²) in [5.41, 5.74) is 0. The zero-order valence-corrected chi connectivity index (χ0v) is 12.7. The van der Waals surface area contributed by atoms with E-state index in [1.807, 2.05) is 6.92 Å². The van der Waals surface area contributed by atoms with E-state index in [-0.39, 0.29) is 29.2 Å². The van der Waals surface area contributed by atoms with E-state index in [9.17, 15) is 18.0 Å². The van der Waals surface area contributed by atoms with Crippen molar-refractivity contribution in [2.75, 3.05) is 37.7 Å². The highest BCUT2D eigenvalue weighted by atomic mass is 32.2. The number of hydrogen-bond acceptors (Lipinski definition) is 4. The van der Waals surface area contributed by atoms with Crippen LogP contribution in [0.2, 0.25) is 0 Å². The zero-order valence-electron chi connectivity index (χ0n) is 11.9. The number of piperazine rings is 1. The fourth-order valence-corrected chi connectivity index (χ4v) is 4.70. The lowest BCUT2D eigenvalue weighted by atomic mass is 10.0. The van der Waals surface area contributed by atoms with Crippen molar-refractivity contribution in [3.05, 3.63) is 0 Å². The number of amides is 2. The number of rotatable bonds is 3. The highest BCUT2D eigenvalue weighted by molar-refractivity contribution is 7.91. The third-order valence-corrected chi connectivity index (χ3v) is 5.91. The molecule has 2 amide bonds. The van der Waals surface area contributed by atoms with E-state index in [0.717, 1.165) is 0 Å². The molecule has 0 N–H and O–H groups in total. The van der Waals surface area contributed by atoms with Gasteiger partial charge in [0.1, 0.15) is 0 Å². The van der Waals surface area contributed by atoms with Crippen LogP contribution in [0.15, 0.2) is 0 Å². The van der Waals surface area contributed by atoms with Crippen molar-refractivity contribution in [3.63, 3.8) is 0 Å². The molecule has 1 unspecified atom stereocenters. The fraction of sp³-hybridized carbons (Fsp3) is 0.846. The largest absolute Gasteiger partial charge is 0.339 e. The smallest absolute Gasteiger partial charge is 0.223 e. The Morgan fingerprint density at radius 3 is 2.05 bits per heavy atom. The summed E-state index contributed by atoms with van der Waals surface area (Å²) in [6, 6.07) is 0. The summed E-state index contributed by atoms with van der Waals surface area (Å²) in [5, 5.41) is 0. The molecule has 2 fully saturated rings. The van der Waals surface area contributed by atoms with E-state index in [2.05, 4.69) is 0 Å². The van der Waals surface area contributed by atoms with Crippen LogP contribution in [0.5, 0.6) is 0 Å². The molecule has 20 heavy (non-hydrogen) atoms. The topological polar surface area (TPSA) is 74.8 Å². The Hall–Kier alpha value is -1.11. The van der Waals surface area contributed by atoms with E-state index in [0.29, 0.717) is 45.4 Å². The Labute approximate surface area is 120 Å². The van der Waals surface area contributed by atoms with Gasteiger partial charge < -0.3 is 9.80 Å². The van der Waals surface area contributed by atoms with Crippen molar-refractivity contribution >= 4 is 21.7 Å². The van der Waals surface area contributed by atoms with Crippen LogP contribution >= 0.6 is 0 Å². The van der Waals surface area contributed by atoms with E-state index in [4.69, 9.17) is 0 Å². The third-order valence-electron chi connectivity index (χ3n) is 4.08. The third kappa shape index (κ3) is 3.71. The molecular weight excluding hydrogens is 280 g/mol. The number of carbonyl (C=O) groups excluding carboxylic acids is 2. The van der Waals surface area contributed by atoms with Crippen LogP contribution in [0.1, 0.15) is 26.2 Å². The van der Waals surface area contributed by atoms with Crippen LogP contribution in [0.25, 0.3) is 0 Å². The predicted octanol–water partition coefficient (Wildman–Crippen LogP) is -0.108. The van der Waals surface area contributed by atoms with Gasteiger partial charge in [-0.05, 0) is 12.3 Å². The van der Waals surface area contributed by atoms with Crippen molar-refractivity contribution in [1.29, 1.82) is 0 Å². The molecule has 0 radical (unpaired) electrons. The van der Waals surface area contributed by atoms with Gasteiger partial charge in [0.25, 0.3) is 0 Å². The van der Waals surface area contributed by atoms with Crippen LogP contribution in [0.4, 0.5) is 0 Å². The van der Waals surface area contributed by atoms with Gasteiger partial charge in [-0.3, -0.25) is 9.59 Å². The molecule has 2 saturated heterocycles. The first-order chi connectivity index (χ1) is 9.41. The summed E-state index contributed by atoms with van der Waals surface area (Å²) in [7, 11) is -2.92. The van der Waals surface area contributed by atoms with E-state index in [1.165, 1.54) is 0 Å². The first kappa shape index (κ1) is 15.3. The first-order valence-corrected chi connectivity index (χ1v) is 8.99. The molecule has 0 spiro atoms. The maximum absolute atomic E-state index is 12.1. The van der Waals surface area contributed by atoms with Gasteiger partial charge in [-0.25, -0.2) is 8.42 Å². The lowest BCUT2D eigenvalue weighted by molar-refractivity contribution is -0.139. The molecule has 2 heterocycles. The minimum Gasteiger partial charge on any atom is -0.339 e. The minimum atomic E-state index is -2.92. The van der Waals surface area contributed by atoms with Crippen LogP contribution < -0.4 is 0 Å². The van der Waals surface area contributed by atoms with Gasteiger partial charge in [0.15, 0.2) is 9.84 Å². The molecule has 7 heteroatoms. The number of hydrogen-bond donors (Lipinski definition) is 0. The molecule has 2 rings (SSSR count). The maximum Gasteiger partial charge on any atom is 0.223 e. The van der Waals surface area contributed by atoms with Gasteiger partial charge >= 0.3 is 0 Å². The first-order valence-electron chi connectivity index (χ1n) is 7.17. The highest BCUT2D eigenvalue weighted by Gasteiger charge is 2.31. The normalized spacial score (nSPS) is 25.8. The summed E-state index contributed by atoms with van der Waals surface area (Å²) in [4.78, 5) is 27.2. The molecule has 0 aromatic rings. The molecule has 114 valence electrons. The van der Waals surface area contributed by atoms with E-state index in [1.54, 1.807) is 9.80 Å². The van der Waals surface area contributed by atoms with Crippen LogP contribution in [0, 0.1) is 5.92 Å². The van der Waals surface area contributed by atoms with Crippen LogP contribution in [0.3, 0.4) is 0 Å². The number of carbonyl (C=O) groups is 2. The average molecular weight is 302 g/mol. The summed E-state index contributed by atoms with van der Waals surface area (Å²) in [6.07, 6.45) is 1.41. The maximum atomic E-state index is 12.1. The van der Waals surface area contributed by atoms with Gasteiger partial charge in [-0.15, -0.1) is 0 Å². The summed E-state index contributed by atoms with van der Waals surface area (Å²) in [6.45, 7) is 4.12. The van der Waals surface area contributed by atoms with Crippen molar-refractivity contribution in [1.82, 2.24) is 9.80 Å². The Morgan fingerprint density at radius 1 is 1.05 bits per heavy atom. The molecule has 2 aliphatic rings. The second kappa shape index (κ2) is 6.11. The SMILES string of the molecule is CCC(=O)N1CCN(C(=O)CC2CCS(=O)(=O)C2)CC1. The fourth-order valence-electron chi connectivity index (χ4n) is 2.84. The van der Waals surface area contributed by atoms with Gasteiger partial charge in [0.2, 0.25) is 11.8 Å². The Bertz CT molecular complexity index is 481. The average Bonchev–Trinajstić information content (AvgIpc) is 2.77. The molecule has 0 bridgehead atoms. The second-order valence-electron chi connectivity index (χ2n) is 5.59. The summed E-state index contributed by atoms with van der Waals surface area (Å²) < 4.78 is 22.8. The van der Waals surface area contributed by atoms with Crippen molar-refractivity contribution < 1.29 is 18.0 Å². The molecule has 1 atom stereocenters. The number of nitrogens with zero attached hydrogens (tertiary/aromatic N) is 2. The summed E-state index contributed by atoms with van der Waals surface area (Å²) in [5.74, 6) is 0.481. The lowest BCUT2D eigenvalue weighted by Gasteiger charge is -2.35. The molecule has 6 nitrogen and oxygen atoms in total. The summed E-state index contributed by atoms with van der Waals surface area (Å²) >= 11 is 0. The van der Waals surface area contributed by atoms with Gasteiger partial charge in [-0.1, -0.05) is 6.92 Å². The van der Waals surface area contributed by atoms with E-state index < -0.39 is 9.84 Å². The second-order valence-corrected chi connectivity index (χ2v) is 7.82. The Morgan fingerprint density at radius 2 is 1.60 bits per heavy atom. The molecule has 2 aliphatic heterocycles. The van der Waals surface area contributed by atoms with Crippen molar-refractivity contribution in [3.8, 4) is 0 Å². The van der Waals surface area contributed by atoms with Gasteiger partial charge in [-0.2, -0.15) is 0 Å². The van der Waals surface area contributed by atoms with Crippen molar-refractivity contribution in [2.24, 2.45) is 5.92 Å². The monoisotopic (exact) mass is 302 g/mol. The zero-order chi connectivity index (χ0) is 14.8. The van der Waals surface area contributed by atoms with Crippen molar-refractivity contribution in [2.45, 2.75) is 26.2 Å². The quantitative estimate of drug-likeness (QED) is 0.729. The lowest BCUT2D eigenvalue weighted by Crippen LogP contribution is -2.50. The van der Waals surface area contributed by atoms with E-state index >= 15 is 0 Å². The minimum absolute atomic E-state index is 0.0238. The molecule has 0 aliphatic carbocycles.